The van der Waals surface area contributed by atoms with Crippen molar-refractivity contribution in [3.05, 3.63) is 28.5 Å². The van der Waals surface area contributed by atoms with Crippen molar-refractivity contribution in [3.63, 3.8) is 0 Å². The Bertz CT molecular complexity index is 807. The molecule has 1 aromatic carbocycles. The number of benzene rings is 1. The summed E-state index contributed by atoms with van der Waals surface area (Å²) in [5.41, 5.74) is -1.62. The third-order valence-electron chi connectivity index (χ3n) is 4.73. The van der Waals surface area contributed by atoms with Crippen molar-refractivity contribution in [3.8, 4) is 17.2 Å². The standard InChI is InChI=1S/C16H16O7/c1-6-12(19)10(7(2)17)14-11(13(6)20)15(3)9(22-4)5-8(18)16(15,21)23-14/h5,19-21H,1-4H3/t15-,16+/m0/s1. The highest BCUT2D eigenvalue weighted by Crippen LogP contribution is 2.61. The van der Waals surface area contributed by atoms with Crippen molar-refractivity contribution in [1.29, 1.82) is 0 Å². The molecule has 122 valence electrons. The zero-order valence-corrected chi connectivity index (χ0v) is 13.1. The van der Waals surface area contributed by atoms with Crippen molar-refractivity contribution in [2.75, 3.05) is 7.11 Å². The van der Waals surface area contributed by atoms with Crippen LogP contribution >= 0.6 is 0 Å². The van der Waals surface area contributed by atoms with Gasteiger partial charge in [0.05, 0.1) is 12.7 Å². The number of phenols is 2. The van der Waals surface area contributed by atoms with Crippen LogP contribution < -0.4 is 4.74 Å². The first-order valence-corrected chi connectivity index (χ1v) is 6.93. The predicted octanol–water partition coefficient (Wildman–Crippen LogP) is 1.06. The summed E-state index contributed by atoms with van der Waals surface area (Å²) in [5, 5.41) is 31.4. The Morgan fingerprint density at radius 2 is 1.91 bits per heavy atom. The molecule has 7 nitrogen and oxygen atoms in total. The van der Waals surface area contributed by atoms with Crippen molar-refractivity contribution in [1.82, 2.24) is 0 Å². The van der Waals surface area contributed by atoms with Crippen LogP contribution in [0, 0.1) is 6.92 Å². The van der Waals surface area contributed by atoms with Crippen LogP contribution in [0.5, 0.6) is 17.2 Å². The highest BCUT2D eigenvalue weighted by atomic mass is 16.6. The Labute approximate surface area is 131 Å². The number of rotatable bonds is 2. The highest BCUT2D eigenvalue weighted by Gasteiger charge is 2.69. The molecule has 2 atom stereocenters. The van der Waals surface area contributed by atoms with Crippen molar-refractivity contribution in [2.45, 2.75) is 32.0 Å². The highest BCUT2D eigenvalue weighted by molar-refractivity contribution is 6.06. The van der Waals surface area contributed by atoms with E-state index in [0.29, 0.717) is 0 Å². The summed E-state index contributed by atoms with van der Waals surface area (Å²) >= 11 is 0. The Morgan fingerprint density at radius 3 is 2.43 bits per heavy atom. The number of aromatic hydroxyl groups is 2. The number of ether oxygens (including phenoxy) is 2. The second kappa shape index (κ2) is 4.26. The summed E-state index contributed by atoms with van der Waals surface area (Å²) in [4.78, 5) is 24.1. The van der Waals surface area contributed by atoms with Gasteiger partial charge in [-0.3, -0.25) is 9.59 Å². The van der Waals surface area contributed by atoms with E-state index in [4.69, 9.17) is 9.47 Å². The molecule has 0 fully saturated rings. The number of hydrogen-bond donors (Lipinski definition) is 3. The second-order valence-corrected chi connectivity index (χ2v) is 5.91. The molecule has 3 rings (SSSR count). The molecule has 1 heterocycles. The van der Waals surface area contributed by atoms with Crippen LogP contribution in [0.2, 0.25) is 0 Å². The molecule has 0 spiro atoms. The van der Waals surface area contributed by atoms with E-state index in [0.717, 1.165) is 6.08 Å². The lowest BCUT2D eigenvalue weighted by atomic mass is 9.76. The third kappa shape index (κ3) is 1.47. The van der Waals surface area contributed by atoms with Crippen LogP contribution in [0.25, 0.3) is 0 Å². The van der Waals surface area contributed by atoms with Crippen LogP contribution in [-0.2, 0) is 14.9 Å². The van der Waals surface area contributed by atoms with Gasteiger partial charge in [-0.1, -0.05) is 0 Å². The molecule has 0 saturated carbocycles. The summed E-state index contributed by atoms with van der Waals surface area (Å²) in [6.07, 6.45) is 1.10. The molecule has 0 saturated heterocycles. The fraction of sp³-hybridized carbons (Fsp3) is 0.375. The Balaban J connectivity index is 2.46. The van der Waals surface area contributed by atoms with E-state index in [-0.39, 0.29) is 33.9 Å². The van der Waals surface area contributed by atoms with Gasteiger partial charge in [0.1, 0.15) is 34.0 Å². The van der Waals surface area contributed by atoms with Crippen molar-refractivity contribution in [2.24, 2.45) is 0 Å². The number of methoxy groups -OCH3 is 1. The maximum absolute atomic E-state index is 12.2. The number of ketones is 2. The minimum atomic E-state index is -2.34. The van der Waals surface area contributed by atoms with Gasteiger partial charge >= 0.3 is 0 Å². The van der Waals surface area contributed by atoms with Gasteiger partial charge < -0.3 is 24.8 Å². The second-order valence-electron chi connectivity index (χ2n) is 5.91. The molecule has 0 radical (unpaired) electrons. The Morgan fingerprint density at radius 1 is 1.30 bits per heavy atom. The molecule has 1 aromatic rings. The molecular weight excluding hydrogens is 304 g/mol. The fourth-order valence-electron chi connectivity index (χ4n) is 3.35. The molecule has 0 unspecified atom stereocenters. The topological polar surface area (TPSA) is 113 Å². The lowest BCUT2D eigenvalue weighted by Gasteiger charge is -2.31. The first-order chi connectivity index (χ1) is 10.6. The number of fused-ring (bicyclic) bond motifs is 3. The van der Waals surface area contributed by atoms with Crippen LogP contribution in [0.3, 0.4) is 0 Å². The number of carbonyl (C=O) groups excluding carboxylic acids is 2. The summed E-state index contributed by atoms with van der Waals surface area (Å²) < 4.78 is 10.6. The van der Waals surface area contributed by atoms with E-state index in [1.807, 2.05) is 0 Å². The lowest BCUT2D eigenvalue weighted by Crippen LogP contribution is -2.52. The minimum absolute atomic E-state index is 0.0412. The monoisotopic (exact) mass is 320 g/mol. The quantitative estimate of drug-likeness (QED) is 0.698. The number of phenolic OH excluding ortho intramolecular Hbond substituents is 2. The average Bonchev–Trinajstić information content (AvgIpc) is 2.81. The lowest BCUT2D eigenvalue weighted by molar-refractivity contribution is -0.175. The SMILES string of the molecule is COC1=CC(=O)[C@@]2(O)Oc3c(C(C)=O)c(O)c(C)c(O)c3[C@]12C. The van der Waals surface area contributed by atoms with E-state index >= 15 is 0 Å². The molecule has 1 aliphatic heterocycles. The maximum atomic E-state index is 12.2. The van der Waals surface area contributed by atoms with Crippen LogP contribution in [0.15, 0.2) is 11.8 Å². The normalized spacial score (nSPS) is 28.0. The van der Waals surface area contributed by atoms with Gasteiger partial charge in [0, 0.05) is 11.6 Å². The van der Waals surface area contributed by atoms with E-state index in [1.54, 1.807) is 0 Å². The minimum Gasteiger partial charge on any atom is -0.507 e. The van der Waals surface area contributed by atoms with Gasteiger partial charge in [0.2, 0.25) is 5.78 Å². The molecule has 1 aliphatic carbocycles. The van der Waals surface area contributed by atoms with Crippen molar-refractivity contribution < 1.29 is 34.4 Å². The number of carbonyl (C=O) groups is 2. The molecule has 0 amide bonds. The Hall–Kier alpha value is -2.54. The summed E-state index contributed by atoms with van der Waals surface area (Å²) in [6, 6.07) is 0. The molecule has 7 heteroatoms. The van der Waals surface area contributed by atoms with E-state index in [9.17, 15) is 24.9 Å². The summed E-state index contributed by atoms with van der Waals surface area (Å²) in [6.45, 7) is 4.11. The predicted molar refractivity (Wildman–Crippen MR) is 77.5 cm³/mol. The number of hydrogen-bond acceptors (Lipinski definition) is 7. The molecule has 0 aromatic heterocycles. The molecular formula is C16H16O7. The van der Waals surface area contributed by atoms with E-state index < -0.39 is 28.5 Å². The largest absolute Gasteiger partial charge is 0.507 e. The van der Waals surface area contributed by atoms with Gasteiger partial charge in [-0.05, 0) is 20.8 Å². The van der Waals surface area contributed by atoms with Gasteiger partial charge in [-0.15, -0.1) is 0 Å². The van der Waals surface area contributed by atoms with E-state index in [2.05, 4.69) is 0 Å². The van der Waals surface area contributed by atoms with Crippen molar-refractivity contribution >= 4 is 11.6 Å². The van der Waals surface area contributed by atoms with Gasteiger partial charge in [-0.2, -0.15) is 0 Å². The molecule has 0 bridgehead atoms. The first-order valence-electron chi connectivity index (χ1n) is 6.93. The van der Waals surface area contributed by atoms with E-state index in [1.165, 1.54) is 27.9 Å². The Kier molecular flexibility index (Phi) is 2.84. The maximum Gasteiger partial charge on any atom is 0.289 e. The average molecular weight is 320 g/mol. The summed E-state index contributed by atoms with van der Waals surface area (Å²) in [7, 11) is 1.32. The zero-order chi connectivity index (χ0) is 17.3. The molecule has 3 N–H and O–H groups in total. The van der Waals surface area contributed by atoms with Crippen LogP contribution in [-0.4, -0.2) is 39.8 Å². The number of Topliss-reactive ketones (excluding diaryl/α,β-unsaturated/α-hetero) is 1. The van der Waals surface area contributed by atoms with Gasteiger partial charge in [-0.25, -0.2) is 0 Å². The number of aliphatic hydroxyl groups is 1. The third-order valence-corrected chi connectivity index (χ3v) is 4.73. The van der Waals surface area contributed by atoms with Gasteiger partial charge in [0.15, 0.2) is 5.78 Å². The molecule has 23 heavy (non-hydrogen) atoms. The smallest absolute Gasteiger partial charge is 0.289 e. The fourth-order valence-corrected chi connectivity index (χ4v) is 3.35. The molecule has 2 aliphatic rings. The first kappa shape index (κ1) is 15.4. The zero-order valence-electron chi connectivity index (χ0n) is 13.1. The van der Waals surface area contributed by atoms with Gasteiger partial charge in [0.25, 0.3) is 5.79 Å². The summed E-state index contributed by atoms with van der Waals surface area (Å²) in [5.74, 6) is -4.56. The van der Waals surface area contributed by atoms with Crippen LogP contribution in [0.1, 0.15) is 35.3 Å². The van der Waals surface area contributed by atoms with Crippen LogP contribution in [0.4, 0.5) is 0 Å².